The molecule has 1 aliphatic rings. The Labute approximate surface area is 181 Å². The van der Waals surface area contributed by atoms with Gasteiger partial charge in [-0.3, -0.25) is 4.79 Å². The van der Waals surface area contributed by atoms with Gasteiger partial charge < -0.3 is 14.6 Å². The van der Waals surface area contributed by atoms with Crippen LogP contribution in [0.25, 0.3) is 10.9 Å². The second kappa shape index (κ2) is 9.08. The van der Waals surface area contributed by atoms with Crippen LogP contribution in [0.1, 0.15) is 54.2 Å². The van der Waals surface area contributed by atoms with Crippen molar-refractivity contribution in [3.63, 3.8) is 0 Å². The number of carbonyl (C=O) groups excluding carboxylic acids is 1. The molecule has 1 heterocycles. The Bertz CT molecular complexity index is 1080. The quantitative estimate of drug-likeness (QED) is 0.497. The van der Waals surface area contributed by atoms with Crippen molar-refractivity contribution in [2.75, 3.05) is 13.7 Å². The summed E-state index contributed by atoms with van der Waals surface area (Å²) in [5, 5.41) is 0.572. The number of likely N-dealkylation sites (N-methyl/N-ethyl adjacent to an activating group) is 1. The maximum absolute atomic E-state index is 14.1. The van der Waals surface area contributed by atoms with Crippen LogP contribution in [0.4, 0.5) is 8.78 Å². The summed E-state index contributed by atoms with van der Waals surface area (Å²) < 4.78 is 33.6. The lowest BCUT2D eigenvalue weighted by atomic mass is 9.90. The Morgan fingerprint density at radius 2 is 1.97 bits per heavy atom. The van der Waals surface area contributed by atoms with Crippen LogP contribution in [0.2, 0.25) is 0 Å². The fourth-order valence-electron chi connectivity index (χ4n) is 4.36. The van der Waals surface area contributed by atoms with Gasteiger partial charge in [0.2, 0.25) is 0 Å². The number of ether oxygens (including phenoxy) is 1. The molecule has 0 fully saturated rings. The van der Waals surface area contributed by atoms with Crippen molar-refractivity contribution in [3.8, 4) is 5.75 Å². The molecule has 1 atom stereocenters. The van der Waals surface area contributed by atoms with E-state index >= 15 is 0 Å². The highest BCUT2D eigenvalue weighted by atomic mass is 19.1. The van der Waals surface area contributed by atoms with Crippen LogP contribution in [-0.4, -0.2) is 35.5 Å². The molecule has 1 unspecified atom stereocenters. The van der Waals surface area contributed by atoms with Crippen molar-refractivity contribution in [1.29, 1.82) is 0 Å². The lowest BCUT2D eigenvalue weighted by Crippen LogP contribution is -2.40. The first-order valence-electron chi connectivity index (χ1n) is 11.0. The van der Waals surface area contributed by atoms with E-state index in [1.807, 2.05) is 12.1 Å². The second-order valence-electron chi connectivity index (χ2n) is 8.28. The number of benzene rings is 2. The number of aryl methyl sites for hydroxylation is 1. The Hall–Kier alpha value is -2.89. The zero-order valence-corrected chi connectivity index (χ0v) is 18.0. The fourth-order valence-corrected chi connectivity index (χ4v) is 4.36. The number of aromatic nitrogens is 1. The first-order valence-corrected chi connectivity index (χ1v) is 11.0. The Kier molecular flexibility index (Phi) is 6.25. The molecule has 0 saturated heterocycles. The Balaban J connectivity index is 1.45. The molecule has 0 radical (unpaired) electrons. The third-order valence-corrected chi connectivity index (χ3v) is 6.17. The van der Waals surface area contributed by atoms with E-state index in [0.29, 0.717) is 35.9 Å². The maximum atomic E-state index is 14.1. The number of halogens is 2. The summed E-state index contributed by atoms with van der Waals surface area (Å²) in [5.74, 6) is -0.471. The van der Waals surface area contributed by atoms with Gasteiger partial charge >= 0.3 is 0 Å². The molecule has 0 bridgehead atoms. The van der Waals surface area contributed by atoms with E-state index in [4.69, 9.17) is 4.74 Å². The lowest BCUT2D eigenvalue weighted by molar-refractivity contribution is 0.0719. The molecule has 2 aromatic carbocycles. The Morgan fingerprint density at radius 1 is 1.19 bits per heavy atom. The van der Waals surface area contributed by atoms with Gasteiger partial charge in [-0.15, -0.1) is 0 Å². The third kappa shape index (κ3) is 4.43. The molecule has 0 aliphatic heterocycles. The second-order valence-corrected chi connectivity index (χ2v) is 8.28. The minimum atomic E-state index is -0.588. The highest BCUT2D eigenvalue weighted by Gasteiger charge is 2.29. The van der Waals surface area contributed by atoms with Crippen LogP contribution in [0.15, 0.2) is 36.4 Å². The molecule has 31 heavy (non-hydrogen) atoms. The molecule has 4 nitrogen and oxygen atoms in total. The SMILES string of the molecule is CCCCCOc1ccc(C(=O)N(C)C2CCc3[nH]c4c(F)cc(F)cc4c3C2)cc1. The molecule has 4 rings (SSSR count). The minimum Gasteiger partial charge on any atom is -0.494 e. The van der Waals surface area contributed by atoms with E-state index in [-0.39, 0.29) is 11.9 Å². The van der Waals surface area contributed by atoms with Gasteiger partial charge in [-0.25, -0.2) is 8.78 Å². The van der Waals surface area contributed by atoms with E-state index in [9.17, 15) is 13.6 Å². The molecule has 3 aromatic rings. The van der Waals surface area contributed by atoms with Gasteiger partial charge in [0, 0.05) is 35.8 Å². The monoisotopic (exact) mass is 426 g/mol. The lowest BCUT2D eigenvalue weighted by Gasteiger charge is -2.31. The summed E-state index contributed by atoms with van der Waals surface area (Å²) in [6.07, 6.45) is 5.33. The maximum Gasteiger partial charge on any atom is 0.253 e. The van der Waals surface area contributed by atoms with Gasteiger partial charge in [0.25, 0.3) is 5.91 Å². The van der Waals surface area contributed by atoms with E-state index in [1.165, 1.54) is 6.07 Å². The largest absolute Gasteiger partial charge is 0.494 e. The van der Waals surface area contributed by atoms with E-state index < -0.39 is 11.6 Å². The number of fused-ring (bicyclic) bond motifs is 3. The van der Waals surface area contributed by atoms with E-state index in [1.54, 1.807) is 24.1 Å². The molecule has 1 aromatic heterocycles. The highest BCUT2D eigenvalue weighted by Crippen LogP contribution is 2.33. The standard InChI is InChI=1S/C25H28F2N2O2/c1-3-4-5-12-31-19-9-6-16(7-10-19)25(30)29(2)18-8-11-23-20(15-18)21-13-17(26)14-22(27)24(21)28-23/h6-7,9-10,13-14,18,28H,3-5,8,11-12,15H2,1-2H3. The van der Waals surface area contributed by atoms with E-state index in [2.05, 4.69) is 11.9 Å². The third-order valence-electron chi connectivity index (χ3n) is 6.17. The van der Waals surface area contributed by atoms with Gasteiger partial charge in [-0.05, 0) is 61.6 Å². The van der Waals surface area contributed by atoms with Crippen molar-refractivity contribution < 1.29 is 18.3 Å². The number of rotatable bonds is 7. The molecule has 164 valence electrons. The first kappa shape index (κ1) is 21.3. The van der Waals surface area contributed by atoms with Gasteiger partial charge in [-0.1, -0.05) is 19.8 Å². The number of H-pyrrole nitrogens is 1. The number of hydrogen-bond donors (Lipinski definition) is 1. The summed E-state index contributed by atoms with van der Waals surface area (Å²) in [6.45, 7) is 2.83. The normalized spacial score (nSPS) is 15.7. The number of carbonyl (C=O) groups is 1. The predicted molar refractivity (Wildman–Crippen MR) is 118 cm³/mol. The molecular formula is C25H28F2N2O2. The molecule has 1 N–H and O–H groups in total. The molecular weight excluding hydrogens is 398 g/mol. The zero-order valence-electron chi connectivity index (χ0n) is 18.0. The van der Waals surface area contributed by atoms with Crippen LogP contribution in [0.5, 0.6) is 5.75 Å². The molecule has 6 heteroatoms. The van der Waals surface area contributed by atoms with Crippen molar-refractivity contribution in [2.24, 2.45) is 0 Å². The average Bonchev–Trinajstić information content (AvgIpc) is 3.14. The van der Waals surface area contributed by atoms with E-state index in [0.717, 1.165) is 48.8 Å². The fraction of sp³-hybridized carbons (Fsp3) is 0.400. The molecule has 1 aliphatic carbocycles. The van der Waals surface area contributed by atoms with Gasteiger partial charge in [0.05, 0.1) is 12.1 Å². The number of aromatic amines is 1. The van der Waals surface area contributed by atoms with Crippen LogP contribution < -0.4 is 4.74 Å². The number of hydrogen-bond acceptors (Lipinski definition) is 2. The van der Waals surface area contributed by atoms with Crippen molar-refractivity contribution in [3.05, 3.63) is 64.9 Å². The number of nitrogens with one attached hydrogen (secondary N) is 1. The number of unbranched alkanes of at least 4 members (excludes halogenated alkanes) is 2. The topological polar surface area (TPSA) is 45.3 Å². The van der Waals surface area contributed by atoms with Crippen molar-refractivity contribution >= 4 is 16.8 Å². The van der Waals surface area contributed by atoms with Crippen molar-refractivity contribution in [2.45, 2.75) is 51.5 Å². The van der Waals surface area contributed by atoms with Crippen molar-refractivity contribution in [1.82, 2.24) is 9.88 Å². The first-order chi connectivity index (χ1) is 15.0. The highest BCUT2D eigenvalue weighted by molar-refractivity contribution is 5.94. The van der Waals surface area contributed by atoms with Crippen LogP contribution in [-0.2, 0) is 12.8 Å². The summed E-state index contributed by atoms with van der Waals surface area (Å²) in [5.41, 5.74) is 2.78. The zero-order chi connectivity index (χ0) is 22.0. The average molecular weight is 427 g/mol. The van der Waals surface area contributed by atoms with Crippen LogP contribution >= 0.6 is 0 Å². The molecule has 1 amide bonds. The van der Waals surface area contributed by atoms with Gasteiger partial charge in [-0.2, -0.15) is 0 Å². The minimum absolute atomic E-state index is 0.0321. The number of amides is 1. The summed E-state index contributed by atoms with van der Waals surface area (Å²) in [6, 6.07) is 9.48. The molecule has 0 saturated carbocycles. The Morgan fingerprint density at radius 3 is 2.71 bits per heavy atom. The van der Waals surface area contributed by atoms with Gasteiger partial charge in [0.1, 0.15) is 17.4 Å². The summed E-state index contributed by atoms with van der Waals surface area (Å²) in [4.78, 5) is 17.9. The van der Waals surface area contributed by atoms with Crippen LogP contribution in [0, 0.1) is 11.6 Å². The smallest absolute Gasteiger partial charge is 0.253 e. The predicted octanol–water partition coefficient (Wildman–Crippen LogP) is 5.64. The van der Waals surface area contributed by atoms with Gasteiger partial charge in [0.15, 0.2) is 0 Å². The van der Waals surface area contributed by atoms with Crippen LogP contribution in [0.3, 0.4) is 0 Å². The summed E-state index contributed by atoms with van der Waals surface area (Å²) in [7, 11) is 1.79. The summed E-state index contributed by atoms with van der Waals surface area (Å²) >= 11 is 0. The number of nitrogens with zero attached hydrogens (tertiary/aromatic N) is 1. The molecule has 0 spiro atoms.